The second kappa shape index (κ2) is 6.50. The Morgan fingerprint density at radius 2 is 1.70 bits per heavy atom. The lowest BCUT2D eigenvalue weighted by Gasteiger charge is -2.32. The summed E-state index contributed by atoms with van der Waals surface area (Å²) in [7, 11) is 0. The molecule has 3 nitrogen and oxygen atoms in total. The van der Waals surface area contributed by atoms with Crippen molar-refractivity contribution < 1.29 is 8.78 Å². The molecule has 3 heterocycles. The van der Waals surface area contributed by atoms with Crippen molar-refractivity contribution in [3.63, 3.8) is 0 Å². The molecule has 0 aliphatic carbocycles. The molecular formula is C22H21F2N3. The van der Waals surface area contributed by atoms with Gasteiger partial charge in [-0.25, -0.2) is 8.78 Å². The number of aromatic amines is 2. The van der Waals surface area contributed by atoms with Crippen molar-refractivity contribution in [3.8, 4) is 0 Å². The maximum atomic E-state index is 14.4. The standard InChI is InChI=1S/C22H21F2N3/c23-15-1-3-22-17(11-15)18(12-26-22)14-6-9-27(10-7-14)13-19-16-5-8-25-21(16)4-2-20(19)24/h1-5,8,11-12,14,25-26H,6-7,9-10,13H2. The van der Waals surface area contributed by atoms with Crippen LogP contribution in [0.2, 0.25) is 0 Å². The number of rotatable bonds is 3. The molecular weight excluding hydrogens is 344 g/mol. The van der Waals surface area contributed by atoms with Crippen molar-refractivity contribution in [2.75, 3.05) is 13.1 Å². The molecule has 5 rings (SSSR count). The second-order valence-electron chi connectivity index (χ2n) is 7.45. The van der Waals surface area contributed by atoms with E-state index >= 15 is 0 Å². The van der Waals surface area contributed by atoms with Gasteiger partial charge in [0.15, 0.2) is 0 Å². The van der Waals surface area contributed by atoms with Crippen LogP contribution in [0.4, 0.5) is 8.78 Å². The number of hydrogen-bond acceptors (Lipinski definition) is 1. The van der Waals surface area contributed by atoms with Gasteiger partial charge in [0.25, 0.3) is 0 Å². The molecule has 1 saturated heterocycles. The van der Waals surface area contributed by atoms with E-state index in [0.29, 0.717) is 12.5 Å². The van der Waals surface area contributed by atoms with Crippen LogP contribution in [0.15, 0.2) is 48.8 Å². The third-order valence-corrected chi connectivity index (χ3v) is 5.87. The molecule has 2 N–H and O–H groups in total. The summed E-state index contributed by atoms with van der Waals surface area (Å²) in [5, 5.41) is 1.95. The molecule has 138 valence electrons. The number of likely N-dealkylation sites (tertiary alicyclic amines) is 1. The highest BCUT2D eigenvalue weighted by atomic mass is 19.1. The van der Waals surface area contributed by atoms with Gasteiger partial charge in [0, 0.05) is 46.3 Å². The highest BCUT2D eigenvalue weighted by Crippen LogP contribution is 2.34. The van der Waals surface area contributed by atoms with Gasteiger partial charge in [0.05, 0.1) is 0 Å². The van der Waals surface area contributed by atoms with Crippen LogP contribution in [0.5, 0.6) is 0 Å². The van der Waals surface area contributed by atoms with Gasteiger partial charge in [-0.1, -0.05) is 0 Å². The van der Waals surface area contributed by atoms with E-state index in [9.17, 15) is 8.78 Å². The summed E-state index contributed by atoms with van der Waals surface area (Å²) in [5.74, 6) is 0.0666. The van der Waals surface area contributed by atoms with Crippen LogP contribution in [0.3, 0.4) is 0 Å². The number of fused-ring (bicyclic) bond motifs is 2. The molecule has 2 aromatic carbocycles. The van der Waals surface area contributed by atoms with E-state index in [1.54, 1.807) is 24.3 Å². The van der Waals surface area contributed by atoms with Crippen molar-refractivity contribution >= 4 is 21.8 Å². The first-order chi connectivity index (χ1) is 13.2. The average Bonchev–Trinajstić information content (AvgIpc) is 3.31. The molecule has 0 bridgehead atoms. The van der Waals surface area contributed by atoms with Crippen molar-refractivity contribution in [1.82, 2.24) is 14.9 Å². The van der Waals surface area contributed by atoms with Crippen molar-refractivity contribution in [1.29, 1.82) is 0 Å². The maximum Gasteiger partial charge on any atom is 0.128 e. The number of piperidine rings is 1. The van der Waals surface area contributed by atoms with Crippen LogP contribution in [0, 0.1) is 11.6 Å². The summed E-state index contributed by atoms with van der Waals surface area (Å²) < 4.78 is 28.0. The fraction of sp³-hybridized carbons (Fsp3) is 0.273. The van der Waals surface area contributed by atoms with E-state index in [-0.39, 0.29) is 11.6 Å². The number of hydrogen-bond donors (Lipinski definition) is 2. The molecule has 0 radical (unpaired) electrons. The van der Waals surface area contributed by atoms with Crippen LogP contribution >= 0.6 is 0 Å². The Kier molecular flexibility index (Phi) is 3.97. The molecule has 5 heteroatoms. The Morgan fingerprint density at radius 3 is 2.56 bits per heavy atom. The highest BCUT2D eigenvalue weighted by molar-refractivity contribution is 5.84. The SMILES string of the molecule is Fc1ccc2[nH]cc(C3CCN(Cc4c(F)ccc5[nH]ccc45)CC3)c2c1. The zero-order valence-corrected chi connectivity index (χ0v) is 14.9. The molecule has 0 amide bonds. The van der Waals surface area contributed by atoms with Crippen LogP contribution in [0.1, 0.15) is 29.9 Å². The van der Waals surface area contributed by atoms with Gasteiger partial charge in [-0.3, -0.25) is 4.90 Å². The lowest BCUT2D eigenvalue weighted by atomic mass is 9.89. The van der Waals surface area contributed by atoms with Gasteiger partial charge in [0.1, 0.15) is 11.6 Å². The summed E-state index contributed by atoms with van der Waals surface area (Å²) in [6.45, 7) is 2.44. The molecule has 0 spiro atoms. The van der Waals surface area contributed by atoms with Crippen molar-refractivity contribution in [2.45, 2.75) is 25.3 Å². The third kappa shape index (κ3) is 2.92. The summed E-state index contributed by atoms with van der Waals surface area (Å²) in [5.41, 5.74) is 3.92. The summed E-state index contributed by atoms with van der Waals surface area (Å²) >= 11 is 0. The molecule has 4 aromatic rings. The van der Waals surface area contributed by atoms with E-state index in [4.69, 9.17) is 0 Å². The van der Waals surface area contributed by atoms with Crippen molar-refractivity contribution in [2.24, 2.45) is 0 Å². The minimum absolute atomic E-state index is 0.142. The molecule has 0 saturated carbocycles. The molecule has 0 atom stereocenters. The van der Waals surface area contributed by atoms with E-state index in [1.165, 1.54) is 11.6 Å². The molecule has 1 aliphatic rings. The molecule has 1 fully saturated rings. The third-order valence-electron chi connectivity index (χ3n) is 5.87. The number of H-pyrrole nitrogens is 2. The average molecular weight is 365 g/mol. The second-order valence-corrected chi connectivity index (χ2v) is 7.45. The normalized spacial score (nSPS) is 16.5. The highest BCUT2D eigenvalue weighted by Gasteiger charge is 2.24. The Labute approximate surface area is 156 Å². The minimum Gasteiger partial charge on any atom is -0.361 e. The first-order valence-electron chi connectivity index (χ1n) is 9.42. The van der Waals surface area contributed by atoms with Gasteiger partial charge in [-0.15, -0.1) is 0 Å². The van der Waals surface area contributed by atoms with Crippen molar-refractivity contribution in [3.05, 3.63) is 71.6 Å². The monoisotopic (exact) mass is 365 g/mol. The van der Waals surface area contributed by atoms with E-state index < -0.39 is 0 Å². The van der Waals surface area contributed by atoms with Gasteiger partial charge in [-0.05, 0) is 73.8 Å². The lowest BCUT2D eigenvalue weighted by Crippen LogP contribution is -2.32. The molecule has 1 aliphatic heterocycles. The minimum atomic E-state index is -0.198. The lowest BCUT2D eigenvalue weighted by molar-refractivity contribution is 0.203. The predicted octanol–water partition coefficient (Wildman–Crippen LogP) is 5.31. The zero-order chi connectivity index (χ0) is 18.4. The van der Waals surface area contributed by atoms with Crippen LogP contribution in [-0.4, -0.2) is 28.0 Å². The van der Waals surface area contributed by atoms with E-state index in [0.717, 1.165) is 53.3 Å². The number of nitrogens with zero attached hydrogens (tertiary/aromatic N) is 1. The first-order valence-corrected chi connectivity index (χ1v) is 9.42. The predicted molar refractivity (Wildman–Crippen MR) is 104 cm³/mol. The Hall–Kier alpha value is -2.66. The van der Waals surface area contributed by atoms with Crippen LogP contribution in [0.25, 0.3) is 21.8 Å². The largest absolute Gasteiger partial charge is 0.361 e. The van der Waals surface area contributed by atoms with Gasteiger partial charge in [0.2, 0.25) is 0 Å². The summed E-state index contributed by atoms with van der Waals surface area (Å²) in [4.78, 5) is 8.72. The molecule has 0 unspecified atom stereocenters. The Morgan fingerprint density at radius 1 is 0.926 bits per heavy atom. The van der Waals surface area contributed by atoms with Gasteiger partial charge >= 0.3 is 0 Å². The first kappa shape index (κ1) is 16.5. The van der Waals surface area contributed by atoms with E-state index in [2.05, 4.69) is 14.9 Å². The number of nitrogens with one attached hydrogen (secondary N) is 2. The number of benzene rings is 2. The topological polar surface area (TPSA) is 34.8 Å². The fourth-order valence-corrected chi connectivity index (χ4v) is 4.41. The van der Waals surface area contributed by atoms with Gasteiger partial charge < -0.3 is 9.97 Å². The molecule has 27 heavy (non-hydrogen) atoms. The smallest absolute Gasteiger partial charge is 0.128 e. The summed E-state index contributed by atoms with van der Waals surface area (Å²) in [6.07, 6.45) is 5.86. The van der Waals surface area contributed by atoms with Crippen LogP contribution < -0.4 is 0 Å². The van der Waals surface area contributed by atoms with E-state index in [1.807, 2.05) is 18.5 Å². The Balaban J connectivity index is 1.33. The zero-order valence-electron chi connectivity index (χ0n) is 14.9. The molecule has 2 aromatic heterocycles. The number of halogens is 2. The fourth-order valence-electron chi connectivity index (χ4n) is 4.41. The maximum absolute atomic E-state index is 14.4. The Bertz CT molecular complexity index is 1100. The van der Waals surface area contributed by atoms with Crippen LogP contribution in [-0.2, 0) is 6.54 Å². The number of aromatic nitrogens is 2. The quantitative estimate of drug-likeness (QED) is 0.507. The van der Waals surface area contributed by atoms with Gasteiger partial charge in [-0.2, -0.15) is 0 Å². The summed E-state index contributed by atoms with van der Waals surface area (Å²) in [6, 6.07) is 10.2.